The third kappa shape index (κ3) is 3.84. The highest BCUT2D eigenvalue weighted by Gasteiger charge is 2.32. The molecule has 1 aliphatic rings. The number of hydrogen-bond donors (Lipinski definition) is 0. The Morgan fingerprint density at radius 3 is 2.36 bits per heavy atom. The number of carbonyl (C=O) groups excluding carboxylic acids is 1. The number of nitro groups is 1. The van der Waals surface area contributed by atoms with E-state index in [4.69, 9.17) is 11.6 Å². The van der Waals surface area contributed by atoms with Crippen molar-refractivity contribution in [3.63, 3.8) is 0 Å². The van der Waals surface area contributed by atoms with Crippen LogP contribution in [0, 0.1) is 15.9 Å². The molecule has 1 aliphatic heterocycles. The van der Waals surface area contributed by atoms with Gasteiger partial charge < -0.3 is 4.90 Å². The molecule has 0 aromatic heterocycles. The second-order valence-corrected chi connectivity index (χ2v) is 8.36. The van der Waals surface area contributed by atoms with Crippen LogP contribution in [-0.2, 0) is 10.0 Å². The predicted octanol–water partition coefficient (Wildman–Crippen LogP) is 2.53. The van der Waals surface area contributed by atoms with Crippen molar-refractivity contribution in [3.05, 3.63) is 69.0 Å². The van der Waals surface area contributed by atoms with E-state index in [1.54, 1.807) is 0 Å². The summed E-state index contributed by atoms with van der Waals surface area (Å²) in [5, 5.41) is 10.9. The molecule has 0 saturated carbocycles. The van der Waals surface area contributed by atoms with Crippen LogP contribution in [0.2, 0.25) is 5.02 Å². The van der Waals surface area contributed by atoms with Gasteiger partial charge in [0.05, 0.1) is 4.92 Å². The molecule has 1 heterocycles. The van der Waals surface area contributed by atoms with E-state index >= 15 is 0 Å². The normalized spacial score (nSPS) is 15.4. The first-order valence-electron chi connectivity index (χ1n) is 8.19. The van der Waals surface area contributed by atoms with Crippen molar-refractivity contribution in [1.29, 1.82) is 0 Å². The fourth-order valence-electron chi connectivity index (χ4n) is 2.89. The Kier molecular flexibility index (Phi) is 5.64. The maximum absolute atomic E-state index is 13.9. The van der Waals surface area contributed by atoms with Crippen LogP contribution in [0.15, 0.2) is 47.4 Å². The van der Waals surface area contributed by atoms with Crippen LogP contribution in [0.5, 0.6) is 0 Å². The molecule has 11 heteroatoms. The molecule has 0 aliphatic carbocycles. The minimum absolute atomic E-state index is 0.0158. The number of nitro benzene ring substituents is 1. The molecule has 2 aromatic rings. The third-order valence-corrected chi connectivity index (χ3v) is 6.62. The lowest BCUT2D eigenvalue weighted by Gasteiger charge is -2.34. The van der Waals surface area contributed by atoms with Gasteiger partial charge in [0, 0.05) is 37.8 Å². The second-order valence-electron chi connectivity index (χ2n) is 6.05. The minimum Gasteiger partial charge on any atom is -0.336 e. The van der Waals surface area contributed by atoms with Gasteiger partial charge in [-0.15, -0.1) is 0 Å². The van der Waals surface area contributed by atoms with Crippen LogP contribution in [-0.4, -0.2) is 54.6 Å². The van der Waals surface area contributed by atoms with E-state index in [1.807, 2.05) is 0 Å². The lowest BCUT2D eigenvalue weighted by atomic mass is 10.1. The maximum atomic E-state index is 13.9. The van der Waals surface area contributed by atoms with Gasteiger partial charge in [-0.25, -0.2) is 12.8 Å². The highest BCUT2D eigenvalue weighted by molar-refractivity contribution is 7.89. The lowest BCUT2D eigenvalue weighted by molar-refractivity contribution is -0.384. The van der Waals surface area contributed by atoms with Crippen molar-refractivity contribution >= 4 is 33.2 Å². The van der Waals surface area contributed by atoms with E-state index in [0.717, 1.165) is 16.4 Å². The number of benzene rings is 2. The smallest absolute Gasteiger partial charge is 0.288 e. The Balaban J connectivity index is 1.74. The van der Waals surface area contributed by atoms with Gasteiger partial charge in [0.1, 0.15) is 15.7 Å². The third-order valence-electron chi connectivity index (χ3n) is 4.37. The van der Waals surface area contributed by atoms with E-state index in [-0.39, 0.29) is 42.5 Å². The summed E-state index contributed by atoms with van der Waals surface area (Å²) in [4.78, 5) is 23.9. The molecular formula is C17H15ClFN3O5S. The molecule has 0 spiro atoms. The summed E-state index contributed by atoms with van der Waals surface area (Å²) in [6, 6.07) is 8.83. The molecular weight excluding hydrogens is 413 g/mol. The number of carbonyl (C=O) groups is 1. The van der Waals surface area contributed by atoms with Crippen LogP contribution in [0.25, 0.3) is 0 Å². The first kappa shape index (κ1) is 20.2. The second kappa shape index (κ2) is 7.82. The zero-order valence-electron chi connectivity index (χ0n) is 14.4. The standard InChI is InChI=1S/C17H15ClFN3O5S/c18-13-6-5-12(11-15(13)22(24)25)17(23)20-7-9-21(10-8-20)28(26,27)16-4-2-1-3-14(16)19/h1-6,11H,7-10H2. The summed E-state index contributed by atoms with van der Waals surface area (Å²) < 4.78 is 40.2. The van der Waals surface area contributed by atoms with Crippen molar-refractivity contribution < 1.29 is 22.5 Å². The zero-order chi connectivity index (χ0) is 20.5. The van der Waals surface area contributed by atoms with Gasteiger partial charge in [0.15, 0.2) is 0 Å². The SMILES string of the molecule is O=C(c1ccc(Cl)c([N+](=O)[O-])c1)N1CCN(S(=O)(=O)c2ccccc2F)CC1. The van der Waals surface area contributed by atoms with Crippen molar-refractivity contribution in [2.24, 2.45) is 0 Å². The van der Waals surface area contributed by atoms with Gasteiger partial charge in [-0.2, -0.15) is 4.31 Å². The van der Waals surface area contributed by atoms with E-state index < -0.39 is 31.6 Å². The first-order chi connectivity index (χ1) is 13.2. The van der Waals surface area contributed by atoms with Gasteiger partial charge in [0.25, 0.3) is 11.6 Å². The molecule has 148 valence electrons. The Labute approximate surface area is 165 Å². The Hall–Kier alpha value is -2.56. The monoisotopic (exact) mass is 427 g/mol. The molecule has 1 fully saturated rings. The average Bonchev–Trinajstić information content (AvgIpc) is 2.68. The van der Waals surface area contributed by atoms with E-state index in [0.29, 0.717) is 0 Å². The number of piperazine rings is 1. The highest BCUT2D eigenvalue weighted by atomic mass is 35.5. The number of nitrogens with zero attached hydrogens (tertiary/aromatic N) is 3. The molecule has 2 aromatic carbocycles. The fraction of sp³-hybridized carbons (Fsp3) is 0.235. The summed E-state index contributed by atoms with van der Waals surface area (Å²) in [5.41, 5.74) is -0.296. The number of hydrogen-bond acceptors (Lipinski definition) is 5. The molecule has 0 bridgehead atoms. The van der Waals surface area contributed by atoms with Gasteiger partial charge >= 0.3 is 0 Å². The number of rotatable bonds is 4. The molecule has 8 nitrogen and oxygen atoms in total. The van der Waals surface area contributed by atoms with Crippen LogP contribution >= 0.6 is 11.6 Å². The number of sulfonamides is 1. The predicted molar refractivity (Wildman–Crippen MR) is 99.2 cm³/mol. The fourth-order valence-corrected chi connectivity index (χ4v) is 4.57. The maximum Gasteiger partial charge on any atom is 0.288 e. The van der Waals surface area contributed by atoms with Crippen molar-refractivity contribution in [3.8, 4) is 0 Å². The molecule has 0 atom stereocenters. The van der Waals surface area contributed by atoms with Crippen LogP contribution in [0.4, 0.5) is 10.1 Å². The molecule has 1 saturated heterocycles. The van der Waals surface area contributed by atoms with Crippen LogP contribution in [0.1, 0.15) is 10.4 Å². The molecule has 0 N–H and O–H groups in total. The molecule has 0 radical (unpaired) electrons. The molecule has 28 heavy (non-hydrogen) atoms. The topological polar surface area (TPSA) is 101 Å². The van der Waals surface area contributed by atoms with Crippen LogP contribution in [0.3, 0.4) is 0 Å². The Morgan fingerprint density at radius 1 is 1.11 bits per heavy atom. The lowest BCUT2D eigenvalue weighted by Crippen LogP contribution is -2.50. The summed E-state index contributed by atoms with van der Waals surface area (Å²) in [7, 11) is -4.02. The van der Waals surface area contributed by atoms with Crippen LogP contribution < -0.4 is 0 Å². The molecule has 0 unspecified atom stereocenters. The summed E-state index contributed by atoms with van der Waals surface area (Å²) in [6.07, 6.45) is 0. The first-order valence-corrected chi connectivity index (χ1v) is 10.0. The summed E-state index contributed by atoms with van der Waals surface area (Å²) in [6.45, 7) is 0.113. The molecule has 1 amide bonds. The Bertz CT molecular complexity index is 1040. The molecule has 3 rings (SSSR count). The van der Waals surface area contributed by atoms with Gasteiger partial charge in [0.2, 0.25) is 10.0 Å². The average molecular weight is 428 g/mol. The minimum atomic E-state index is -4.02. The van der Waals surface area contributed by atoms with E-state index in [2.05, 4.69) is 0 Å². The number of amides is 1. The van der Waals surface area contributed by atoms with Gasteiger partial charge in [-0.1, -0.05) is 23.7 Å². The number of halogens is 2. The highest BCUT2D eigenvalue weighted by Crippen LogP contribution is 2.26. The Morgan fingerprint density at radius 2 is 1.75 bits per heavy atom. The van der Waals surface area contributed by atoms with Crippen molar-refractivity contribution in [2.75, 3.05) is 26.2 Å². The summed E-state index contributed by atoms with van der Waals surface area (Å²) >= 11 is 5.75. The zero-order valence-corrected chi connectivity index (χ0v) is 16.0. The van der Waals surface area contributed by atoms with Crippen molar-refractivity contribution in [2.45, 2.75) is 4.90 Å². The summed E-state index contributed by atoms with van der Waals surface area (Å²) in [5.74, 6) is -1.31. The van der Waals surface area contributed by atoms with Crippen molar-refractivity contribution in [1.82, 2.24) is 9.21 Å². The quantitative estimate of drug-likeness (QED) is 0.551. The largest absolute Gasteiger partial charge is 0.336 e. The van der Waals surface area contributed by atoms with E-state index in [9.17, 15) is 27.7 Å². The van der Waals surface area contributed by atoms with Gasteiger partial charge in [-0.3, -0.25) is 14.9 Å². The van der Waals surface area contributed by atoms with Gasteiger partial charge in [-0.05, 0) is 24.3 Å². The van der Waals surface area contributed by atoms with E-state index in [1.165, 1.54) is 35.2 Å².